The van der Waals surface area contributed by atoms with Gasteiger partial charge < -0.3 is 15.9 Å². The van der Waals surface area contributed by atoms with E-state index in [1.54, 1.807) is 6.07 Å². The van der Waals surface area contributed by atoms with E-state index in [4.69, 9.17) is 5.73 Å². The van der Waals surface area contributed by atoms with Crippen LogP contribution in [0.1, 0.15) is 59.5 Å². The summed E-state index contributed by atoms with van der Waals surface area (Å²) in [5.41, 5.74) is 5.91. The quantitative estimate of drug-likeness (QED) is 0.725. The van der Waals surface area contributed by atoms with Crippen molar-refractivity contribution in [2.75, 3.05) is 0 Å². The highest BCUT2D eigenvalue weighted by Crippen LogP contribution is 2.60. The summed E-state index contributed by atoms with van der Waals surface area (Å²) < 4.78 is 0. The Hall–Kier alpha value is -2.14. The molecule has 0 radical (unpaired) electrons. The van der Waals surface area contributed by atoms with Crippen molar-refractivity contribution in [1.82, 2.24) is 0 Å². The lowest BCUT2D eigenvalue weighted by Crippen LogP contribution is -2.55. The zero-order valence-electron chi connectivity index (χ0n) is 14.8. The van der Waals surface area contributed by atoms with Gasteiger partial charge in [0.2, 0.25) is 0 Å². The van der Waals surface area contributed by atoms with Gasteiger partial charge in [-0.3, -0.25) is 9.59 Å². The predicted molar refractivity (Wildman–Crippen MR) is 96.8 cm³/mol. The van der Waals surface area contributed by atoms with E-state index in [1.165, 1.54) is 0 Å². The first-order chi connectivity index (χ1) is 12.4. The maximum atomic E-state index is 12.7. The van der Waals surface area contributed by atoms with Crippen molar-refractivity contribution in [3.63, 3.8) is 0 Å². The fourth-order valence-corrected chi connectivity index (χ4v) is 5.85. The highest BCUT2D eigenvalue weighted by atomic mass is 16.3. The Kier molecular flexibility index (Phi) is 3.95. The number of benzene rings is 1. The van der Waals surface area contributed by atoms with E-state index in [9.17, 15) is 19.8 Å². The van der Waals surface area contributed by atoms with Gasteiger partial charge in [-0.25, -0.2) is 0 Å². The minimum atomic E-state index is -1.04. The molecule has 4 N–H and O–H groups in total. The summed E-state index contributed by atoms with van der Waals surface area (Å²) in [5, 5.41) is 22.6. The number of amides is 1. The molecular formula is C21H25NO4. The number of carbonyl (C=O) groups excluding carboxylic acids is 2. The number of ketones is 1. The normalized spacial score (nSPS) is 35.3. The molecule has 2 fully saturated rings. The van der Waals surface area contributed by atoms with Crippen molar-refractivity contribution in [3.8, 4) is 5.75 Å². The van der Waals surface area contributed by atoms with E-state index >= 15 is 0 Å². The van der Waals surface area contributed by atoms with Crippen LogP contribution in [0.3, 0.4) is 0 Å². The molecule has 5 nitrogen and oxygen atoms in total. The van der Waals surface area contributed by atoms with Gasteiger partial charge in [-0.1, -0.05) is 12.1 Å². The van der Waals surface area contributed by atoms with Crippen molar-refractivity contribution in [3.05, 3.63) is 41.5 Å². The van der Waals surface area contributed by atoms with Crippen LogP contribution < -0.4 is 5.73 Å². The van der Waals surface area contributed by atoms with Crippen LogP contribution in [0, 0.1) is 17.8 Å². The van der Waals surface area contributed by atoms with Gasteiger partial charge in [-0.05, 0) is 55.6 Å². The van der Waals surface area contributed by atoms with Crippen molar-refractivity contribution >= 4 is 11.7 Å². The molecule has 5 unspecified atom stereocenters. The molecule has 1 aromatic carbocycles. The lowest BCUT2D eigenvalue weighted by molar-refractivity contribution is -0.141. The molecule has 0 aliphatic heterocycles. The van der Waals surface area contributed by atoms with Crippen LogP contribution in [0.15, 0.2) is 24.8 Å². The van der Waals surface area contributed by atoms with Crippen LogP contribution in [0.2, 0.25) is 0 Å². The Labute approximate surface area is 152 Å². The van der Waals surface area contributed by atoms with Crippen LogP contribution >= 0.6 is 0 Å². The zero-order chi connectivity index (χ0) is 18.6. The number of aromatic hydroxyl groups is 1. The lowest BCUT2D eigenvalue weighted by atomic mass is 9.55. The number of phenols is 1. The van der Waals surface area contributed by atoms with Crippen LogP contribution in [-0.4, -0.2) is 27.5 Å². The average Bonchev–Trinajstić information content (AvgIpc) is 2.64. The second-order valence-corrected chi connectivity index (χ2v) is 8.11. The van der Waals surface area contributed by atoms with E-state index < -0.39 is 17.4 Å². The Bertz CT molecular complexity index is 801. The lowest BCUT2D eigenvalue weighted by Gasteiger charge is -2.52. The number of hydrogen-bond acceptors (Lipinski definition) is 4. The van der Waals surface area contributed by atoms with E-state index in [2.05, 4.69) is 6.58 Å². The second kappa shape index (κ2) is 5.95. The van der Waals surface area contributed by atoms with E-state index in [0.29, 0.717) is 31.2 Å². The number of nitrogens with two attached hydrogens (primary N) is 1. The summed E-state index contributed by atoms with van der Waals surface area (Å²) in [4.78, 5) is 24.4. The molecule has 3 aliphatic rings. The van der Waals surface area contributed by atoms with Gasteiger partial charge in [-0.15, -0.1) is 6.58 Å². The largest absolute Gasteiger partial charge is 0.507 e. The molecule has 0 heterocycles. The van der Waals surface area contributed by atoms with Crippen molar-refractivity contribution in [2.24, 2.45) is 23.5 Å². The smallest absolute Gasteiger partial charge is 0.252 e. The Morgan fingerprint density at radius 2 is 2.15 bits per heavy atom. The average molecular weight is 355 g/mol. The van der Waals surface area contributed by atoms with Gasteiger partial charge >= 0.3 is 0 Å². The van der Waals surface area contributed by atoms with E-state index in [-0.39, 0.29) is 34.8 Å². The number of rotatable bonds is 3. The first-order valence-corrected chi connectivity index (χ1v) is 9.39. The maximum Gasteiger partial charge on any atom is 0.252 e. The fourth-order valence-electron chi connectivity index (χ4n) is 5.85. The predicted octanol–water partition coefficient (Wildman–Crippen LogP) is 2.44. The molecule has 0 spiro atoms. The van der Waals surface area contributed by atoms with Crippen LogP contribution in [-0.2, 0) is 11.2 Å². The highest BCUT2D eigenvalue weighted by Gasteiger charge is 2.59. The second-order valence-electron chi connectivity index (χ2n) is 8.11. The number of allylic oxidation sites excluding steroid dienone is 1. The SMILES string of the molecule is C=CCC1CCC2C(=O)CCC3(O)C1Cc1ccc(C(N)=O)c(O)c1C23. The summed E-state index contributed by atoms with van der Waals surface area (Å²) in [6.45, 7) is 3.86. The number of carbonyl (C=O) groups is 2. The third-order valence-electron chi connectivity index (χ3n) is 6.98. The van der Waals surface area contributed by atoms with E-state index in [0.717, 1.165) is 18.4 Å². The Morgan fingerprint density at radius 1 is 1.38 bits per heavy atom. The topological polar surface area (TPSA) is 101 Å². The third-order valence-corrected chi connectivity index (χ3v) is 6.98. The van der Waals surface area contributed by atoms with Gasteiger partial charge in [0.05, 0.1) is 11.2 Å². The van der Waals surface area contributed by atoms with Crippen LogP contribution in [0.4, 0.5) is 0 Å². The summed E-state index contributed by atoms with van der Waals surface area (Å²) in [6, 6.07) is 3.38. The minimum absolute atomic E-state index is 0.0231. The van der Waals surface area contributed by atoms with Gasteiger partial charge in [0.1, 0.15) is 11.5 Å². The summed E-state index contributed by atoms with van der Waals surface area (Å²) in [5.74, 6) is -1.20. The van der Waals surface area contributed by atoms with Gasteiger partial charge in [0.25, 0.3) is 5.91 Å². The molecule has 0 saturated heterocycles. The minimum Gasteiger partial charge on any atom is -0.507 e. The Balaban J connectivity index is 1.95. The molecule has 138 valence electrons. The monoisotopic (exact) mass is 355 g/mol. The molecule has 0 aromatic heterocycles. The number of primary amides is 1. The molecule has 2 saturated carbocycles. The number of hydrogen-bond donors (Lipinski definition) is 3. The van der Waals surface area contributed by atoms with Crippen molar-refractivity contribution in [2.45, 2.75) is 50.0 Å². The molecule has 4 rings (SSSR count). The van der Waals surface area contributed by atoms with E-state index in [1.807, 2.05) is 12.1 Å². The molecule has 26 heavy (non-hydrogen) atoms. The van der Waals surface area contributed by atoms with Crippen molar-refractivity contribution in [1.29, 1.82) is 0 Å². The highest BCUT2D eigenvalue weighted by molar-refractivity contribution is 5.96. The van der Waals surface area contributed by atoms with Crippen LogP contribution in [0.25, 0.3) is 0 Å². The summed E-state index contributed by atoms with van der Waals surface area (Å²) in [6.07, 6.45) is 5.67. The molecule has 4 bridgehead atoms. The number of Topliss-reactive ketones (excluding diaryl/α,β-unsaturated/α-hetero) is 1. The maximum absolute atomic E-state index is 12.7. The number of aliphatic hydroxyl groups is 1. The van der Waals surface area contributed by atoms with Crippen LogP contribution in [0.5, 0.6) is 5.75 Å². The first-order valence-electron chi connectivity index (χ1n) is 9.39. The standard InChI is InChI=1S/C21H25NO4/c1-2-3-11-4-6-13-16(23)8-9-21(26)15(11)10-12-5-7-14(20(22)25)19(24)17(12)18(13)21/h2,5,7,11,13,15,18,24,26H,1,3-4,6,8-10H2,(H2,22,25). The van der Waals surface area contributed by atoms with Gasteiger partial charge in [-0.2, -0.15) is 0 Å². The first kappa shape index (κ1) is 17.3. The van der Waals surface area contributed by atoms with Crippen molar-refractivity contribution < 1.29 is 19.8 Å². The zero-order valence-corrected chi connectivity index (χ0v) is 14.8. The molecular weight excluding hydrogens is 330 g/mol. The molecule has 1 amide bonds. The molecule has 3 aliphatic carbocycles. The summed E-state index contributed by atoms with van der Waals surface area (Å²) >= 11 is 0. The number of fused-ring (bicyclic) bond motifs is 1. The summed E-state index contributed by atoms with van der Waals surface area (Å²) in [7, 11) is 0. The van der Waals surface area contributed by atoms with Gasteiger partial charge in [0, 0.05) is 23.8 Å². The fraction of sp³-hybridized carbons (Fsp3) is 0.524. The molecule has 5 atom stereocenters. The van der Waals surface area contributed by atoms with Gasteiger partial charge in [0.15, 0.2) is 0 Å². The molecule has 1 aromatic rings. The molecule has 5 heteroatoms. The Morgan fingerprint density at radius 3 is 2.85 bits per heavy atom. The third kappa shape index (κ3) is 2.26.